The second-order valence-corrected chi connectivity index (χ2v) is 7.07. The zero-order valence-corrected chi connectivity index (χ0v) is 17.0. The van der Waals surface area contributed by atoms with E-state index in [1.165, 1.54) is 6.21 Å². The molecule has 3 rings (SSSR count). The minimum atomic E-state index is -0.622. The standard InChI is InChI=1S/C21H19NO6S/c1-4-27-20(25)15-11(3)18(21(26)28-5-2)29-19(15)22-10-14-16(23)12-8-6-7-9-13(12)17(14)24/h6-10,23H,4-5H2,1-3H3. The molecule has 8 heteroatoms. The van der Waals surface area contributed by atoms with Gasteiger partial charge in [-0.15, -0.1) is 11.3 Å². The Kier molecular flexibility index (Phi) is 5.93. The Bertz CT molecular complexity index is 1060. The summed E-state index contributed by atoms with van der Waals surface area (Å²) in [5.41, 5.74) is 1.37. The molecular weight excluding hydrogens is 394 g/mol. The van der Waals surface area contributed by atoms with Gasteiger partial charge in [-0.05, 0) is 26.3 Å². The van der Waals surface area contributed by atoms with Crippen LogP contribution in [0, 0.1) is 6.92 Å². The Balaban J connectivity index is 2.03. The van der Waals surface area contributed by atoms with Crippen molar-refractivity contribution in [1.29, 1.82) is 0 Å². The van der Waals surface area contributed by atoms with E-state index in [2.05, 4.69) is 4.99 Å². The van der Waals surface area contributed by atoms with Crippen LogP contribution in [0.2, 0.25) is 0 Å². The predicted molar refractivity (Wildman–Crippen MR) is 109 cm³/mol. The van der Waals surface area contributed by atoms with Crippen LogP contribution >= 0.6 is 11.3 Å². The highest BCUT2D eigenvalue weighted by Crippen LogP contribution is 2.37. The first-order valence-corrected chi connectivity index (χ1v) is 9.81. The first kappa shape index (κ1) is 20.5. The average molecular weight is 413 g/mol. The number of thiophene rings is 1. The molecule has 1 heterocycles. The molecule has 1 aromatic carbocycles. The summed E-state index contributed by atoms with van der Waals surface area (Å²) in [5, 5.41) is 10.6. The quantitative estimate of drug-likeness (QED) is 0.560. The van der Waals surface area contributed by atoms with Crippen LogP contribution in [0.1, 0.15) is 55.4 Å². The smallest absolute Gasteiger partial charge is 0.348 e. The van der Waals surface area contributed by atoms with E-state index in [-0.39, 0.29) is 45.8 Å². The molecule has 0 atom stereocenters. The molecule has 0 aliphatic heterocycles. The fourth-order valence-corrected chi connectivity index (χ4v) is 3.99. The molecule has 2 aromatic rings. The SMILES string of the molecule is CCOC(=O)c1sc(N=CC2=C(O)c3ccccc3C2=O)c(C(=O)OCC)c1C. The lowest BCUT2D eigenvalue weighted by atomic mass is 10.1. The minimum absolute atomic E-state index is 0.0183. The van der Waals surface area contributed by atoms with Gasteiger partial charge in [0.05, 0.1) is 18.8 Å². The van der Waals surface area contributed by atoms with Crippen LogP contribution < -0.4 is 0 Å². The molecule has 0 amide bonds. The number of hydrogen-bond donors (Lipinski definition) is 1. The van der Waals surface area contributed by atoms with Gasteiger partial charge < -0.3 is 14.6 Å². The minimum Gasteiger partial charge on any atom is -0.506 e. The molecule has 1 aromatic heterocycles. The first-order chi connectivity index (χ1) is 13.9. The van der Waals surface area contributed by atoms with Gasteiger partial charge in [-0.2, -0.15) is 0 Å². The van der Waals surface area contributed by atoms with E-state index in [0.29, 0.717) is 16.7 Å². The molecule has 29 heavy (non-hydrogen) atoms. The highest BCUT2D eigenvalue weighted by molar-refractivity contribution is 7.18. The summed E-state index contributed by atoms with van der Waals surface area (Å²) in [7, 11) is 0. The fourth-order valence-electron chi connectivity index (χ4n) is 2.95. The Labute approximate surface area is 171 Å². The van der Waals surface area contributed by atoms with E-state index in [1.54, 1.807) is 45.0 Å². The normalized spacial score (nSPS) is 13.1. The lowest BCUT2D eigenvalue weighted by molar-refractivity contribution is 0.0527. The zero-order chi connectivity index (χ0) is 21.1. The van der Waals surface area contributed by atoms with Crippen molar-refractivity contribution < 1.29 is 29.0 Å². The molecule has 0 saturated carbocycles. The van der Waals surface area contributed by atoms with Gasteiger partial charge >= 0.3 is 11.9 Å². The number of rotatable bonds is 6. The molecule has 0 unspecified atom stereocenters. The largest absolute Gasteiger partial charge is 0.506 e. The van der Waals surface area contributed by atoms with Crippen molar-refractivity contribution in [3.8, 4) is 0 Å². The first-order valence-electron chi connectivity index (χ1n) is 8.99. The molecule has 0 saturated heterocycles. The van der Waals surface area contributed by atoms with E-state index < -0.39 is 11.9 Å². The third-order valence-electron chi connectivity index (χ3n) is 4.31. The van der Waals surface area contributed by atoms with Crippen molar-refractivity contribution in [2.75, 3.05) is 13.2 Å². The maximum absolute atomic E-state index is 12.5. The van der Waals surface area contributed by atoms with Crippen LogP contribution in [0.25, 0.3) is 5.76 Å². The van der Waals surface area contributed by atoms with Crippen LogP contribution in [0.4, 0.5) is 5.00 Å². The highest BCUT2D eigenvalue weighted by Gasteiger charge is 2.29. The number of benzene rings is 1. The van der Waals surface area contributed by atoms with Crippen molar-refractivity contribution in [1.82, 2.24) is 0 Å². The van der Waals surface area contributed by atoms with Crippen molar-refractivity contribution in [2.45, 2.75) is 20.8 Å². The van der Waals surface area contributed by atoms with E-state index in [9.17, 15) is 19.5 Å². The maximum Gasteiger partial charge on any atom is 0.348 e. The van der Waals surface area contributed by atoms with Gasteiger partial charge in [-0.1, -0.05) is 24.3 Å². The number of aliphatic hydroxyl groups is 1. The zero-order valence-electron chi connectivity index (χ0n) is 16.1. The van der Waals surface area contributed by atoms with Crippen LogP contribution in [-0.2, 0) is 9.47 Å². The molecule has 0 fully saturated rings. The van der Waals surface area contributed by atoms with Gasteiger partial charge in [0.1, 0.15) is 21.2 Å². The van der Waals surface area contributed by atoms with E-state index in [4.69, 9.17) is 9.47 Å². The summed E-state index contributed by atoms with van der Waals surface area (Å²) in [6.45, 7) is 5.32. The summed E-state index contributed by atoms with van der Waals surface area (Å²) in [6, 6.07) is 6.68. The van der Waals surface area contributed by atoms with Crippen LogP contribution in [-0.4, -0.2) is 42.3 Å². The number of Topliss-reactive ketones (excluding diaryl/α,β-unsaturated/α-hetero) is 1. The lowest BCUT2D eigenvalue weighted by Crippen LogP contribution is -2.08. The number of carbonyl (C=O) groups excluding carboxylic acids is 3. The molecule has 0 radical (unpaired) electrons. The molecule has 1 aliphatic rings. The van der Waals surface area contributed by atoms with Crippen LogP contribution in [0.3, 0.4) is 0 Å². The number of aliphatic imine (C=N–C) groups is 1. The predicted octanol–water partition coefficient (Wildman–Crippen LogP) is 4.28. The maximum atomic E-state index is 12.5. The summed E-state index contributed by atoms with van der Waals surface area (Å²) < 4.78 is 10.1. The topological polar surface area (TPSA) is 102 Å². The summed E-state index contributed by atoms with van der Waals surface area (Å²) in [5.74, 6) is -1.72. The van der Waals surface area contributed by atoms with E-state index in [0.717, 1.165) is 11.3 Å². The third-order valence-corrected chi connectivity index (χ3v) is 5.49. The van der Waals surface area contributed by atoms with E-state index in [1.807, 2.05) is 0 Å². The van der Waals surface area contributed by atoms with Gasteiger partial charge in [-0.3, -0.25) is 4.79 Å². The van der Waals surface area contributed by atoms with Crippen molar-refractivity contribution in [2.24, 2.45) is 4.99 Å². The number of ketones is 1. The van der Waals surface area contributed by atoms with Gasteiger partial charge in [0, 0.05) is 17.3 Å². The van der Waals surface area contributed by atoms with Crippen molar-refractivity contribution in [3.63, 3.8) is 0 Å². The summed E-state index contributed by atoms with van der Waals surface area (Å²) in [6.07, 6.45) is 1.21. The molecule has 7 nitrogen and oxygen atoms in total. The molecular formula is C21H19NO6S. The Morgan fingerprint density at radius 2 is 1.72 bits per heavy atom. The second kappa shape index (κ2) is 8.40. The Morgan fingerprint density at radius 1 is 1.10 bits per heavy atom. The van der Waals surface area contributed by atoms with Gasteiger partial charge in [0.25, 0.3) is 0 Å². The van der Waals surface area contributed by atoms with Gasteiger partial charge in [0.15, 0.2) is 5.78 Å². The highest BCUT2D eigenvalue weighted by atomic mass is 32.1. The van der Waals surface area contributed by atoms with Gasteiger partial charge in [0.2, 0.25) is 0 Å². The Hall–Kier alpha value is -3.26. The number of aliphatic hydroxyl groups excluding tert-OH is 1. The number of allylic oxidation sites excluding steroid dienone is 1. The molecule has 0 spiro atoms. The number of hydrogen-bond acceptors (Lipinski definition) is 8. The van der Waals surface area contributed by atoms with Gasteiger partial charge in [-0.25, -0.2) is 14.6 Å². The molecule has 1 N–H and O–H groups in total. The fraction of sp³-hybridized carbons (Fsp3) is 0.238. The van der Waals surface area contributed by atoms with Crippen molar-refractivity contribution >= 4 is 46.0 Å². The van der Waals surface area contributed by atoms with Crippen LogP contribution in [0.15, 0.2) is 34.8 Å². The molecule has 1 aliphatic carbocycles. The third kappa shape index (κ3) is 3.71. The number of ether oxygens (including phenoxy) is 2. The second-order valence-electron chi connectivity index (χ2n) is 6.07. The number of esters is 2. The van der Waals surface area contributed by atoms with E-state index >= 15 is 0 Å². The van der Waals surface area contributed by atoms with Crippen molar-refractivity contribution in [3.05, 3.63) is 57.0 Å². The molecule has 150 valence electrons. The lowest BCUT2D eigenvalue weighted by Gasteiger charge is -2.03. The number of nitrogens with zero attached hydrogens (tertiary/aromatic N) is 1. The Morgan fingerprint density at radius 3 is 2.34 bits per heavy atom. The monoisotopic (exact) mass is 413 g/mol. The number of carbonyl (C=O) groups is 3. The number of fused-ring (bicyclic) bond motifs is 1. The molecule has 0 bridgehead atoms. The van der Waals surface area contributed by atoms with Crippen LogP contribution in [0.5, 0.6) is 0 Å². The summed E-state index contributed by atoms with van der Waals surface area (Å²) >= 11 is 0.969. The average Bonchev–Trinajstić information content (AvgIpc) is 3.15. The summed E-state index contributed by atoms with van der Waals surface area (Å²) in [4.78, 5) is 41.6.